The second-order valence-electron chi connectivity index (χ2n) is 5.43. The number of nitrogens with one attached hydrogen (secondary N) is 1. The van der Waals surface area contributed by atoms with Crippen molar-refractivity contribution in [2.45, 2.75) is 19.4 Å². The van der Waals surface area contributed by atoms with Crippen LogP contribution in [0.2, 0.25) is 0 Å². The molecule has 2 heterocycles. The fraction of sp³-hybridized carbons (Fsp3) is 0.400. The van der Waals surface area contributed by atoms with Crippen molar-refractivity contribution in [1.29, 1.82) is 0 Å². The van der Waals surface area contributed by atoms with Gasteiger partial charge in [-0.2, -0.15) is 0 Å². The maximum absolute atomic E-state index is 12.3. The molecule has 1 aromatic heterocycles. The third-order valence-corrected chi connectivity index (χ3v) is 6.02. The number of benzene rings is 1. The van der Waals surface area contributed by atoms with Crippen LogP contribution in [0, 0.1) is 0 Å². The Morgan fingerprint density at radius 1 is 1.35 bits per heavy atom. The first-order chi connectivity index (χ1) is 11.1. The molecule has 0 radical (unpaired) electrons. The standard InChI is InChI=1S/C15H19N3O3S2/c19-10-13-15(22-11-16-13)17-23(20,21)9-8-18-7-3-5-12-4-1-2-6-14(12)18/h1-2,4,6,11,17,19H,3,5,7-10H2. The molecule has 0 saturated heterocycles. The van der Waals surface area contributed by atoms with Crippen molar-refractivity contribution in [1.82, 2.24) is 4.98 Å². The van der Waals surface area contributed by atoms with E-state index in [1.165, 1.54) is 22.4 Å². The summed E-state index contributed by atoms with van der Waals surface area (Å²) in [6, 6.07) is 8.14. The lowest BCUT2D eigenvalue weighted by Crippen LogP contribution is -2.35. The predicted octanol–water partition coefficient (Wildman–Crippen LogP) is 1.83. The third kappa shape index (κ3) is 3.82. The van der Waals surface area contributed by atoms with Gasteiger partial charge in [-0.1, -0.05) is 18.2 Å². The van der Waals surface area contributed by atoms with Crippen LogP contribution in [0.4, 0.5) is 10.7 Å². The van der Waals surface area contributed by atoms with Crippen LogP contribution < -0.4 is 9.62 Å². The van der Waals surface area contributed by atoms with Gasteiger partial charge in [-0.3, -0.25) is 4.72 Å². The van der Waals surface area contributed by atoms with Crippen molar-refractivity contribution >= 4 is 32.0 Å². The number of aliphatic hydroxyl groups is 1. The van der Waals surface area contributed by atoms with E-state index < -0.39 is 10.0 Å². The normalized spacial score (nSPS) is 14.6. The second kappa shape index (κ2) is 6.86. The Labute approximate surface area is 139 Å². The van der Waals surface area contributed by atoms with Crippen LogP contribution in [0.25, 0.3) is 0 Å². The highest BCUT2D eigenvalue weighted by Crippen LogP contribution is 2.27. The van der Waals surface area contributed by atoms with E-state index in [9.17, 15) is 8.42 Å². The molecule has 2 aromatic rings. The van der Waals surface area contributed by atoms with Gasteiger partial charge in [-0.05, 0) is 24.5 Å². The summed E-state index contributed by atoms with van der Waals surface area (Å²) < 4.78 is 27.1. The highest BCUT2D eigenvalue weighted by Gasteiger charge is 2.20. The van der Waals surface area contributed by atoms with Gasteiger partial charge in [-0.25, -0.2) is 13.4 Å². The number of fused-ring (bicyclic) bond motifs is 1. The van der Waals surface area contributed by atoms with Crippen molar-refractivity contribution in [2.75, 3.05) is 28.5 Å². The van der Waals surface area contributed by atoms with Crippen LogP contribution in [-0.2, 0) is 23.1 Å². The van der Waals surface area contributed by atoms with Gasteiger partial charge in [-0.15, -0.1) is 11.3 Å². The summed E-state index contributed by atoms with van der Waals surface area (Å²) >= 11 is 1.18. The fourth-order valence-corrected chi connectivity index (χ4v) is 4.81. The van der Waals surface area contributed by atoms with Crippen LogP contribution in [0.1, 0.15) is 17.7 Å². The number of aromatic nitrogens is 1. The largest absolute Gasteiger partial charge is 0.390 e. The second-order valence-corrected chi connectivity index (χ2v) is 8.12. The number of anilines is 2. The lowest BCUT2D eigenvalue weighted by molar-refractivity contribution is 0.278. The maximum atomic E-state index is 12.3. The Balaban J connectivity index is 1.66. The SMILES string of the molecule is O=S(=O)(CCN1CCCc2ccccc21)Nc1scnc1CO. The van der Waals surface area contributed by atoms with Crippen LogP contribution in [0.3, 0.4) is 0 Å². The van der Waals surface area contributed by atoms with E-state index in [1.807, 2.05) is 18.2 Å². The van der Waals surface area contributed by atoms with Crippen molar-refractivity contribution < 1.29 is 13.5 Å². The first-order valence-corrected chi connectivity index (χ1v) is 9.99. The number of nitrogens with zero attached hydrogens (tertiary/aromatic N) is 2. The van der Waals surface area contributed by atoms with Gasteiger partial charge in [0.2, 0.25) is 10.0 Å². The summed E-state index contributed by atoms with van der Waals surface area (Å²) in [5.41, 5.74) is 4.28. The molecule has 0 spiro atoms. The van der Waals surface area contributed by atoms with E-state index in [0.29, 0.717) is 17.2 Å². The Hall–Kier alpha value is -1.64. The van der Waals surface area contributed by atoms with E-state index in [2.05, 4.69) is 20.7 Å². The van der Waals surface area contributed by atoms with E-state index >= 15 is 0 Å². The Morgan fingerprint density at radius 3 is 3.00 bits per heavy atom. The van der Waals surface area contributed by atoms with E-state index in [4.69, 9.17) is 5.11 Å². The summed E-state index contributed by atoms with van der Waals surface area (Å²) in [7, 11) is -3.47. The van der Waals surface area contributed by atoms with E-state index in [0.717, 1.165) is 25.1 Å². The molecule has 0 atom stereocenters. The third-order valence-electron chi connectivity index (χ3n) is 3.88. The molecule has 1 aliphatic rings. The molecule has 2 N–H and O–H groups in total. The number of thiazole rings is 1. The molecular formula is C15H19N3O3S2. The molecule has 6 nitrogen and oxygen atoms in total. The highest BCUT2D eigenvalue weighted by atomic mass is 32.2. The zero-order valence-electron chi connectivity index (χ0n) is 12.6. The molecule has 8 heteroatoms. The average molecular weight is 353 g/mol. The van der Waals surface area contributed by atoms with Crippen LogP contribution in [-0.4, -0.2) is 37.4 Å². The Bertz CT molecular complexity index is 774. The molecule has 124 valence electrons. The highest BCUT2D eigenvalue weighted by molar-refractivity contribution is 7.92. The van der Waals surface area contributed by atoms with Gasteiger partial charge in [0.15, 0.2) is 0 Å². The number of aryl methyl sites for hydroxylation is 1. The minimum Gasteiger partial charge on any atom is -0.390 e. The van der Waals surface area contributed by atoms with Crippen molar-refractivity contribution in [3.05, 3.63) is 41.0 Å². The van der Waals surface area contributed by atoms with E-state index in [1.54, 1.807) is 0 Å². The lowest BCUT2D eigenvalue weighted by atomic mass is 10.0. The first-order valence-electron chi connectivity index (χ1n) is 7.45. The van der Waals surface area contributed by atoms with Gasteiger partial charge in [0.25, 0.3) is 0 Å². The quantitative estimate of drug-likeness (QED) is 0.828. The average Bonchev–Trinajstić information content (AvgIpc) is 2.99. The number of para-hydroxylation sites is 1. The first kappa shape index (κ1) is 16.2. The smallest absolute Gasteiger partial charge is 0.235 e. The molecule has 0 bridgehead atoms. The molecule has 0 unspecified atom stereocenters. The molecule has 23 heavy (non-hydrogen) atoms. The summed E-state index contributed by atoms with van der Waals surface area (Å²) in [4.78, 5) is 6.05. The molecule has 1 aromatic carbocycles. The predicted molar refractivity (Wildman–Crippen MR) is 92.4 cm³/mol. The molecule has 3 rings (SSSR count). The van der Waals surface area contributed by atoms with Crippen LogP contribution in [0.15, 0.2) is 29.8 Å². The molecular weight excluding hydrogens is 334 g/mol. The fourth-order valence-electron chi connectivity index (χ4n) is 2.73. The van der Waals surface area contributed by atoms with Gasteiger partial charge >= 0.3 is 0 Å². The van der Waals surface area contributed by atoms with Crippen LogP contribution in [0.5, 0.6) is 0 Å². The van der Waals surface area contributed by atoms with E-state index in [-0.39, 0.29) is 12.4 Å². The van der Waals surface area contributed by atoms with Crippen molar-refractivity contribution in [2.24, 2.45) is 0 Å². The number of rotatable bonds is 6. The van der Waals surface area contributed by atoms with Gasteiger partial charge in [0, 0.05) is 18.8 Å². The summed E-state index contributed by atoms with van der Waals surface area (Å²) in [5.74, 6) is 0.00407. The number of hydrogen-bond donors (Lipinski definition) is 2. The zero-order valence-corrected chi connectivity index (χ0v) is 14.2. The lowest BCUT2D eigenvalue weighted by Gasteiger charge is -2.31. The molecule has 1 aliphatic heterocycles. The zero-order chi connectivity index (χ0) is 16.3. The molecule has 0 fully saturated rings. The van der Waals surface area contributed by atoms with Gasteiger partial charge < -0.3 is 10.0 Å². The summed E-state index contributed by atoms with van der Waals surface area (Å²) in [5, 5.41) is 9.54. The van der Waals surface area contributed by atoms with Gasteiger partial charge in [0.05, 0.1) is 17.9 Å². The topological polar surface area (TPSA) is 82.5 Å². The van der Waals surface area contributed by atoms with Crippen LogP contribution >= 0.6 is 11.3 Å². The summed E-state index contributed by atoms with van der Waals surface area (Å²) in [6.07, 6.45) is 2.08. The number of sulfonamides is 1. The number of aliphatic hydroxyl groups excluding tert-OH is 1. The minimum atomic E-state index is -3.47. The Kier molecular flexibility index (Phi) is 4.84. The van der Waals surface area contributed by atoms with Crippen molar-refractivity contribution in [3.63, 3.8) is 0 Å². The molecule has 0 saturated carbocycles. The van der Waals surface area contributed by atoms with Gasteiger partial charge in [0.1, 0.15) is 10.7 Å². The number of hydrogen-bond acceptors (Lipinski definition) is 6. The minimum absolute atomic E-state index is 0.00407. The monoisotopic (exact) mass is 353 g/mol. The summed E-state index contributed by atoms with van der Waals surface area (Å²) in [6.45, 7) is 1.04. The molecule has 0 aliphatic carbocycles. The Morgan fingerprint density at radius 2 is 2.17 bits per heavy atom. The van der Waals surface area contributed by atoms with Crippen molar-refractivity contribution in [3.8, 4) is 0 Å². The molecule has 0 amide bonds. The maximum Gasteiger partial charge on any atom is 0.235 e.